The van der Waals surface area contributed by atoms with Crippen molar-refractivity contribution in [2.45, 2.75) is 71.3 Å². The number of carbonyl (C=O) groups excluding carboxylic acids is 1. The zero-order chi connectivity index (χ0) is 16.9. The van der Waals surface area contributed by atoms with E-state index in [0.29, 0.717) is 29.6 Å². The van der Waals surface area contributed by atoms with Crippen LogP contribution in [0.1, 0.15) is 65.2 Å². The molecule has 1 unspecified atom stereocenters. The number of hydrogen-bond acceptors (Lipinski definition) is 3. The highest BCUT2D eigenvalue weighted by Gasteiger charge is 2.58. The Hall–Kier alpha value is -0.670. The first kappa shape index (κ1) is 16.8. The highest BCUT2D eigenvalue weighted by atomic mass is 16.5. The smallest absolute Gasteiger partial charge is 0.139 e. The summed E-state index contributed by atoms with van der Waals surface area (Å²) >= 11 is 0. The van der Waals surface area contributed by atoms with E-state index in [4.69, 9.17) is 9.84 Å². The maximum atomic E-state index is 12.5. The van der Waals surface area contributed by atoms with Gasteiger partial charge in [-0.25, -0.2) is 0 Å². The van der Waals surface area contributed by atoms with E-state index in [2.05, 4.69) is 19.9 Å². The van der Waals surface area contributed by atoms with Crippen LogP contribution >= 0.6 is 0 Å². The molecule has 4 aliphatic carbocycles. The van der Waals surface area contributed by atoms with Crippen LogP contribution in [0.25, 0.3) is 0 Å². The van der Waals surface area contributed by atoms with E-state index in [1.54, 1.807) is 5.57 Å². The lowest BCUT2D eigenvalue weighted by molar-refractivity contribution is -0.132. The number of aliphatic hydroxyl groups excluding tert-OH is 1. The predicted octanol–water partition coefficient (Wildman–Crippen LogP) is 3.90. The molecule has 0 aromatic rings. The Bertz CT molecular complexity index is 553. The predicted molar refractivity (Wildman–Crippen MR) is 93.5 cm³/mol. The largest absolute Gasteiger partial charge is 0.394 e. The lowest BCUT2D eigenvalue weighted by Crippen LogP contribution is -2.50. The van der Waals surface area contributed by atoms with Crippen LogP contribution < -0.4 is 0 Å². The topological polar surface area (TPSA) is 46.5 Å². The van der Waals surface area contributed by atoms with E-state index in [0.717, 1.165) is 44.4 Å². The monoisotopic (exact) mass is 332 g/mol. The highest BCUT2D eigenvalue weighted by Crippen LogP contribution is 2.64. The Kier molecular flexibility index (Phi) is 4.16. The number of ether oxygens (including phenoxy) is 1. The second-order valence-corrected chi connectivity index (χ2v) is 9.14. The molecule has 0 amide bonds. The van der Waals surface area contributed by atoms with E-state index in [-0.39, 0.29) is 18.1 Å². The molecule has 24 heavy (non-hydrogen) atoms. The number of fused-ring (bicyclic) bond motifs is 5. The van der Waals surface area contributed by atoms with Crippen molar-refractivity contribution >= 4 is 5.78 Å². The van der Waals surface area contributed by atoms with Crippen molar-refractivity contribution < 1.29 is 14.6 Å². The van der Waals surface area contributed by atoms with Crippen LogP contribution in [0.2, 0.25) is 0 Å². The first-order valence-electron chi connectivity index (χ1n) is 9.94. The molecule has 4 rings (SSSR count). The molecule has 134 valence electrons. The summed E-state index contributed by atoms with van der Waals surface area (Å²) in [7, 11) is 0. The standard InChI is InChI=1S/C21H32O3/c1-20-9-7-15(24-12-11-22)13-14(20)3-4-16-17-5-6-19(23)21(17,2)10-8-18(16)20/h3,15-18,22H,4-13H2,1-2H3/t15?,16-,17-,18+,20-,21-/m0/s1. The molecule has 0 aromatic carbocycles. The lowest BCUT2D eigenvalue weighted by atomic mass is 9.48. The molecule has 3 fully saturated rings. The van der Waals surface area contributed by atoms with Gasteiger partial charge in [0, 0.05) is 11.8 Å². The van der Waals surface area contributed by atoms with Gasteiger partial charge in [-0.2, -0.15) is 0 Å². The number of allylic oxidation sites excluding steroid dienone is 1. The first-order chi connectivity index (χ1) is 11.5. The first-order valence-corrected chi connectivity index (χ1v) is 9.94. The van der Waals surface area contributed by atoms with Crippen LogP contribution in [-0.4, -0.2) is 30.2 Å². The van der Waals surface area contributed by atoms with Gasteiger partial charge in [-0.3, -0.25) is 4.79 Å². The van der Waals surface area contributed by atoms with Gasteiger partial charge in [0.15, 0.2) is 0 Å². The molecular weight excluding hydrogens is 300 g/mol. The number of ketones is 1. The molecule has 3 nitrogen and oxygen atoms in total. The fourth-order valence-corrected chi connectivity index (χ4v) is 6.76. The Morgan fingerprint density at radius 2 is 1.92 bits per heavy atom. The minimum Gasteiger partial charge on any atom is -0.394 e. The lowest BCUT2D eigenvalue weighted by Gasteiger charge is -2.57. The summed E-state index contributed by atoms with van der Waals surface area (Å²) in [5.74, 6) is 2.60. The summed E-state index contributed by atoms with van der Waals surface area (Å²) in [4.78, 5) is 12.5. The SMILES string of the molecule is C[C@]12CCC(OCCO)CC1=CC[C@@H]1[C@H]2CC[C@]2(C)C(=O)CC[C@@H]12. The molecule has 1 N–H and O–H groups in total. The average Bonchev–Trinajstić information content (AvgIpc) is 2.88. The molecule has 0 aliphatic heterocycles. The quantitative estimate of drug-likeness (QED) is 0.798. The maximum Gasteiger partial charge on any atom is 0.139 e. The van der Waals surface area contributed by atoms with Gasteiger partial charge < -0.3 is 9.84 Å². The van der Waals surface area contributed by atoms with Crippen molar-refractivity contribution in [2.75, 3.05) is 13.2 Å². The maximum absolute atomic E-state index is 12.5. The van der Waals surface area contributed by atoms with Crippen molar-refractivity contribution in [1.82, 2.24) is 0 Å². The Labute approximate surface area is 145 Å². The Morgan fingerprint density at radius 3 is 2.71 bits per heavy atom. The number of hydrogen-bond donors (Lipinski definition) is 1. The summed E-state index contributed by atoms with van der Waals surface area (Å²) < 4.78 is 5.83. The van der Waals surface area contributed by atoms with Gasteiger partial charge in [-0.1, -0.05) is 25.5 Å². The minimum atomic E-state index is -0.0235. The van der Waals surface area contributed by atoms with Gasteiger partial charge >= 0.3 is 0 Å². The molecule has 0 saturated heterocycles. The highest BCUT2D eigenvalue weighted by molar-refractivity contribution is 5.87. The van der Waals surface area contributed by atoms with Crippen molar-refractivity contribution in [3.05, 3.63) is 11.6 Å². The van der Waals surface area contributed by atoms with E-state index in [9.17, 15) is 4.79 Å². The molecule has 3 heteroatoms. The number of carbonyl (C=O) groups is 1. The third kappa shape index (κ3) is 2.34. The fourth-order valence-electron chi connectivity index (χ4n) is 6.76. The second kappa shape index (κ2) is 5.95. The van der Waals surface area contributed by atoms with Gasteiger partial charge in [0.2, 0.25) is 0 Å². The van der Waals surface area contributed by atoms with Crippen LogP contribution in [0.3, 0.4) is 0 Å². The third-order valence-corrected chi connectivity index (χ3v) is 8.21. The van der Waals surface area contributed by atoms with Gasteiger partial charge in [0.25, 0.3) is 0 Å². The summed E-state index contributed by atoms with van der Waals surface area (Å²) in [6, 6.07) is 0. The van der Waals surface area contributed by atoms with Gasteiger partial charge in [0.05, 0.1) is 19.3 Å². The van der Waals surface area contributed by atoms with Crippen LogP contribution in [0, 0.1) is 28.6 Å². The van der Waals surface area contributed by atoms with Crippen molar-refractivity contribution in [3.63, 3.8) is 0 Å². The molecule has 6 atom stereocenters. The molecule has 0 heterocycles. The third-order valence-electron chi connectivity index (χ3n) is 8.21. The van der Waals surface area contributed by atoms with Gasteiger partial charge in [-0.05, 0) is 68.1 Å². The van der Waals surface area contributed by atoms with Crippen LogP contribution in [-0.2, 0) is 9.53 Å². The van der Waals surface area contributed by atoms with E-state index in [1.807, 2.05) is 0 Å². The van der Waals surface area contributed by atoms with Gasteiger partial charge in [-0.15, -0.1) is 0 Å². The minimum absolute atomic E-state index is 0.0235. The Balaban J connectivity index is 1.56. The van der Waals surface area contributed by atoms with Crippen LogP contribution in [0.15, 0.2) is 11.6 Å². The number of rotatable bonds is 3. The van der Waals surface area contributed by atoms with E-state index in [1.165, 1.54) is 12.8 Å². The summed E-state index contributed by atoms with van der Waals surface area (Å²) in [5, 5.41) is 9.00. The molecule has 4 aliphatic rings. The molecular formula is C21H32O3. The van der Waals surface area contributed by atoms with Crippen LogP contribution in [0.5, 0.6) is 0 Å². The Morgan fingerprint density at radius 1 is 1.17 bits per heavy atom. The normalized spacial score (nSPS) is 47.6. The van der Waals surface area contributed by atoms with Gasteiger partial charge in [0.1, 0.15) is 5.78 Å². The molecule has 0 aromatic heterocycles. The zero-order valence-corrected chi connectivity index (χ0v) is 15.2. The molecule has 0 radical (unpaired) electrons. The molecule has 0 bridgehead atoms. The summed E-state index contributed by atoms with van der Waals surface area (Å²) in [6.07, 6.45) is 11.6. The van der Waals surface area contributed by atoms with Crippen molar-refractivity contribution in [3.8, 4) is 0 Å². The summed E-state index contributed by atoms with van der Waals surface area (Å²) in [6.45, 7) is 5.32. The van der Waals surface area contributed by atoms with Crippen molar-refractivity contribution in [2.24, 2.45) is 28.6 Å². The number of aliphatic hydroxyl groups is 1. The van der Waals surface area contributed by atoms with Crippen molar-refractivity contribution in [1.29, 1.82) is 0 Å². The van der Waals surface area contributed by atoms with E-state index >= 15 is 0 Å². The van der Waals surface area contributed by atoms with E-state index < -0.39 is 0 Å². The molecule has 0 spiro atoms. The van der Waals surface area contributed by atoms with Crippen LogP contribution in [0.4, 0.5) is 0 Å². The summed E-state index contributed by atoms with van der Waals surface area (Å²) in [5.41, 5.74) is 1.89. The fraction of sp³-hybridized carbons (Fsp3) is 0.857. The number of Topliss-reactive ketones (excluding diaryl/α,β-unsaturated/α-hetero) is 1. The molecule has 3 saturated carbocycles. The zero-order valence-electron chi connectivity index (χ0n) is 15.2. The second-order valence-electron chi connectivity index (χ2n) is 9.14. The average molecular weight is 332 g/mol.